The van der Waals surface area contributed by atoms with Crippen molar-refractivity contribution in [1.29, 1.82) is 0 Å². The number of carbonyl (C=O) groups excluding carboxylic acids is 2. The molecule has 3 aromatic carbocycles. The number of H-pyrrole nitrogens is 1. The van der Waals surface area contributed by atoms with Crippen molar-refractivity contribution in [2.75, 3.05) is 6.61 Å². The van der Waals surface area contributed by atoms with E-state index < -0.39 is 5.97 Å². The topological polar surface area (TPSA) is 59.2 Å². The number of ketones is 1. The van der Waals surface area contributed by atoms with Crippen LogP contribution < -0.4 is 0 Å². The molecule has 1 aromatic heterocycles. The minimum Gasteiger partial charge on any atom is -0.461 e. The maximum atomic E-state index is 13.3. The molecule has 0 radical (unpaired) electrons. The quantitative estimate of drug-likeness (QED) is 0.430. The minimum atomic E-state index is -0.521. The third kappa shape index (κ3) is 2.65. The highest BCUT2D eigenvalue weighted by atomic mass is 16.5. The number of hydrogen-bond acceptors (Lipinski definition) is 3. The van der Waals surface area contributed by atoms with Gasteiger partial charge in [0.05, 0.1) is 12.2 Å². The molecule has 4 nitrogen and oxygen atoms in total. The van der Waals surface area contributed by atoms with Crippen LogP contribution in [0.3, 0.4) is 0 Å². The molecule has 0 spiro atoms. The van der Waals surface area contributed by atoms with E-state index in [1.165, 1.54) is 0 Å². The second-order valence-electron chi connectivity index (χ2n) is 6.03. The van der Waals surface area contributed by atoms with Crippen LogP contribution in [0.2, 0.25) is 0 Å². The molecule has 0 aliphatic rings. The van der Waals surface area contributed by atoms with Gasteiger partial charge in [-0.2, -0.15) is 0 Å². The predicted molar refractivity (Wildman–Crippen MR) is 102 cm³/mol. The third-order valence-corrected chi connectivity index (χ3v) is 4.42. The number of ether oxygens (including phenoxy) is 1. The van der Waals surface area contributed by atoms with Crippen LogP contribution in [0.15, 0.2) is 66.7 Å². The van der Waals surface area contributed by atoms with Crippen LogP contribution in [0.5, 0.6) is 0 Å². The van der Waals surface area contributed by atoms with Crippen molar-refractivity contribution >= 4 is 33.4 Å². The number of carbonyl (C=O) groups is 2. The number of rotatable bonds is 4. The van der Waals surface area contributed by atoms with Gasteiger partial charge in [0.1, 0.15) is 5.69 Å². The lowest BCUT2D eigenvalue weighted by atomic mass is 9.97. The summed E-state index contributed by atoms with van der Waals surface area (Å²) in [6.45, 7) is 1.99. The first-order valence-corrected chi connectivity index (χ1v) is 8.50. The Kier molecular flexibility index (Phi) is 4.01. The Labute approximate surface area is 150 Å². The van der Waals surface area contributed by atoms with Crippen molar-refractivity contribution in [2.45, 2.75) is 6.92 Å². The molecule has 0 saturated carbocycles. The highest BCUT2D eigenvalue weighted by Crippen LogP contribution is 2.27. The van der Waals surface area contributed by atoms with Crippen molar-refractivity contribution in [3.8, 4) is 0 Å². The molecule has 4 aromatic rings. The molecule has 0 bridgehead atoms. The summed E-state index contributed by atoms with van der Waals surface area (Å²) in [5, 5.41) is 2.76. The SMILES string of the molecule is CCOC(=O)c1[nH]c2ccccc2c1C(=O)c1ccc2ccccc2c1. The predicted octanol–water partition coefficient (Wildman–Crippen LogP) is 4.73. The Morgan fingerprint density at radius 3 is 2.46 bits per heavy atom. The van der Waals surface area contributed by atoms with Gasteiger partial charge in [0.25, 0.3) is 0 Å². The highest BCUT2D eigenvalue weighted by molar-refractivity contribution is 6.22. The number of nitrogens with one attached hydrogen (secondary N) is 1. The Morgan fingerprint density at radius 2 is 1.65 bits per heavy atom. The number of para-hydroxylation sites is 1. The second kappa shape index (κ2) is 6.48. The number of fused-ring (bicyclic) bond motifs is 2. The van der Waals surface area contributed by atoms with Crippen LogP contribution in [-0.4, -0.2) is 23.3 Å². The molecule has 0 amide bonds. The largest absolute Gasteiger partial charge is 0.461 e. The van der Waals surface area contributed by atoms with E-state index in [0.717, 1.165) is 16.3 Å². The van der Waals surface area contributed by atoms with E-state index in [1.54, 1.807) is 13.0 Å². The first kappa shape index (κ1) is 16.1. The molecule has 1 N–H and O–H groups in total. The summed E-state index contributed by atoms with van der Waals surface area (Å²) in [5.74, 6) is -0.718. The lowest BCUT2D eigenvalue weighted by molar-refractivity contribution is 0.0518. The van der Waals surface area contributed by atoms with Gasteiger partial charge in [-0.05, 0) is 29.8 Å². The fourth-order valence-electron chi connectivity index (χ4n) is 3.21. The zero-order chi connectivity index (χ0) is 18.1. The zero-order valence-electron chi connectivity index (χ0n) is 14.3. The smallest absolute Gasteiger partial charge is 0.355 e. The Morgan fingerprint density at radius 1 is 0.923 bits per heavy atom. The standard InChI is InChI=1S/C22H17NO3/c1-2-26-22(25)20-19(17-9-5-6-10-18(17)23-20)21(24)16-12-11-14-7-3-4-8-15(14)13-16/h3-13,23H,2H2,1H3. The molecule has 0 aliphatic heterocycles. The molecule has 26 heavy (non-hydrogen) atoms. The average molecular weight is 343 g/mol. The second-order valence-corrected chi connectivity index (χ2v) is 6.03. The molecule has 0 aliphatic carbocycles. The summed E-state index contributed by atoms with van der Waals surface area (Å²) in [4.78, 5) is 28.7. The molecular weight excluding hydrogens is 326 g/mol. The summed E-state index contributed by atoms with van der Waals surface area (Å²) < 4.78 is 5.13. The number of aromatic amines is 1. The van der Waals surface area contributed by atoms with Gasteiger partial charge in [0, 0.05) is 16.5 Å². The molecule has 0 saturated heterocycles. The monoisotopic (exact) mass is 343 g/mol. The molecule has 4 heteroatoms. The Bertz CT molecular complexity index is 1140. The fourth-order valence-corrected chi connectivity index (χ4v) is 3.21. The maximum absolute atomic E-state index is 13.3. The van der Waals surface area contributed by atoms with Crippen molar-refractivity contribution in [3.63, 3.8) is 0 Å². The first-order valence-electron chi connectivity index (χ1n) is 8.50. The number of benzene rings is 3. The Balaban J connectivity index is 1.89. The van der Waals surface area contributed by atoms with Crippen LogP contribution in [0, 0.1) is 0 Å². The van der Waals surface area contributed by atoms with Crippen molar-refractivity contribution in [3.05, 3.63) is 83.6 Å². The minimum absolute atomic E-state index is 0.198. The van der Waals surface area contributed by atoms with E-state index in [1.807, 2.05) is 60.7 Å². The van der Waals surface area contributed by atoms with Crippen LogP contribution in [0.25, 0.3) is 21.7 Å². The van der Waals surface area contributed by atoms with Crippen LogP contribution in [0.4, 0.5) is 0 Å². The van der Waals surface area contributed by atoms with Crippen LogP contribution >= 0.6 is 0 Å². The number of esters is 1. The molecule has 128 valence electrons. The summed E-state index contributed by atoms with van der Waals surface area (Å²) in [6, 6.07) is 20.8. The van der Waals surface area contributed by atoms with Gasteiger partial charge in [0.2, 0.25) is 0 Å². The lowest BCUT2D eigenvalue weighted by Gasteiger charge is -2.06. The molecule has 0 atom stereocenters. The van der Waals surface area contributed by atoms with E-state index in [0.29, 0.717) is 16.5 Å². The Hall–Kier alpha value is -3.40. The van der Waals surface area contributed by atoms with E-state index >= 15 is 0 Å². The average Bonchev–Trinajstić information content (AvgIpc) is 3.07. The molecule has 0 fully saturated rings. The molecule has 1 heterocycles. The lowest BCUT2D eigenvalue weighted by Crippen LogP contribution is -2.12. The van der Waals surface area contributed by atoms with Gasteiger partial charge in [-0.25, -0.2) is 4.79 Å². The normalized spacial score (nSPS) is 11.0. The van der Waals surface area contributed by atoms with E-state index in [2.05, 4.69) is 4.98 Å². The van der Waals surface area contributed by atoms with Gasteiger partial charge in [-0.3, -0.25) is 4.79 Å². The van der Waals surface area contributed by atoms with E-state index in [4.69, 9.17) is 4.74 Å². The van der Waals surface area contributed by atoms with Crippen LogP contribution in [0.1, 0.15) is 33.3 Å². The van der Waals surface area contributed by atoms with E-state index in [-0.39, 0.29) is 18.1 Å². The van der Waals surface area contributed by atoms with Gasteiger partial charge in [0.15, 0.2) is 5.78 Å². The summed E-state index contributed by atoms with van der Waals surface area (Å²) in [6.07, 6.45) is 0. The summed E-state index contributed by atoms with van der Waals surface area (Å²) >= 11 is 0. The van der Waals surface area contributed by atoms with Crippen LogP contribution in [-0.2, 0) is 4.74 Å². The third-order valence-electron chi connectivity index (χ3n) is 4.42. The molecule has 0 unspecified atom stereocenters. The van der Waals surface area contributed by atoms with Crippen molar-refractivity contribution < 1.29 is 14.3 Å². The van der Waals surface area contributed by atoms with Gasteiger partial charge < -0.3 is 9.72 Å². The van der Waals surface area contributed by atoms with Crippen molar-refractivity contribution in [1.82, 2.24) is 4.98 Å². The van der Waals surface area contributed by atoms with Gasteiger partial charge >= 0.3 is 5.97 Å². The zero-order valence-corrected chi connectivity index (χ0v) is 14.3. The van der Waals surface area contributed by atoms with Crippen molar-refractivity contribution in [2.24, 2.45) is 0 Å². The fraction of sp³-hybridized carbons (Fsp3) is 0.0909. The number of aromatic nitrogens is 1. The molecule has 4 rings (SSSR count). The van der Waals surface area contributed by atoms with E-state index in [9.17, 15) is 9.59 Å². The van der Waals surface area contributed by atoms with Gasteiger partial charge in [-0.1, -0.05) is 54.6 Å². The maximum Gasteiger partial charge on any atom is 0.355 e. The van der Waals surface area contributed by atoms with Gasteiger partial charge in [-0.15, -0.1) is 0 Å². The number of hydrogen-bond donors (Lipinski definition) is 1. The summed E-state index contributed by atoms with van der Waals surface area (Å²) in [5.41, 5.74) is 1.83. The first-order chi connectivity index (χ1) is 12.7. The molecular formula is C22H17NO3. The highest BCUT2D eigenvalue weighted by Gasteiger charge is 2.25. The summed E-state index contributed by atoms with van der Waals surface area (Å²) in [7, 11) is 0.